The average Bonchev–Trinajstić information content (AvgIpc) is 2.39. The largest absolute Gasteiger partial charge is 0.369 e. The number of anilines is 2. The fourth-order valence-electron chi connectivity index (χ4n) is 1.99. The summed E-state index contributed by atoms with van der Waals surface area (Å²) in [6, 6.07) is 1.78. The van der Waals surface area contributed by atoms with Crippen LogP contribution in [0.1, 0.15) is 12.8 Å². The number of hydrogen-bond acceptors (Lipinski definition) is 6. The van der Waals surface area contributed by atoms with Crippen molar-refractivity contribution < 1.29 is 4.79 Å². The van der Waals surface area contributed by atoms with Crippen molar-refractivity contribution in [3.05, 3.63) is 12.4 Å². The Bertz CT molecular complexity index is 402. The standard InChI is InChI=1S/C10H16N6O/c11-10(17)7-1-3-16(4-2-7)9-5-8(15-12)13-6-14-9/h5-7H,1-4,12H2,(H2,11,17)(H,13,14,15). The van der Waals surface area contributed by atoms with E-state index in [0.29, 0.717) is 5.82 Å². The average molecular weight is 236 g/mol. The van der Waals surface area contributed by atoms with Gasteiger partial charge < -0.3 is 16.1 Å². The number of piperidine rings is 1. The van der Waals surface area contributed by atoms with Crippen LogP contribution >= 0.6 is 0 Å². The Morgan fingerprint density at radius 2 is 2.12 bits per heavy atom. The van der Waals surface area contributed by atoms with Crippen LogP contribution in [0.2, 0.25) is 0 Å². The molecule has 1 saturated heterocycles. The van der Waals surface area contributed by atoms with E-state index < -0.39 is 0 Å². The van der Waals surface area contributed by atoms with Gasteiger partial charge in [-0.3, -0.25) is 4.79 Å². The molecule has 92 valence electrons. The van der Waals surface area contributed by atoms with Crippen LogP contribution in [0.25, 0.3) is 0 Å². The Labute approximate surface area is 99.2 Å². The van der Waals surface area contributed by atoms with Crippen LogP contribution < -0.4 is 21.9 Å². The summed E-state index contributed by atoms with van der Waals surface area (Å²) >= 11 is 0. The van der Waals surface area contributed by atoms with E-state index in [9.17, 15) is 4.79 Å². The monoisotopic (exact) mass is 236 g/mol. The fourth-order valence-corrected chi connectivity index (χ4v) is 1.99. The van der Waals surface area contributed by atoms with Crippen LogP contribution in [0.4, 0.5) is 11.6 Å². The molecule has 1 fully saturated rings. The molecule has 0 radical (unpaired) electrons. The van der Waals surface area contributed by atoms with Gasteiger partial charge in [0.1, 0.15) is 18.0 Å². The summed E-state index contributed by atoms with van der Waals surface area (Å²) in [6.07, 6.45) is 3.00. The molecule has 0 spiro atoms. The number of hydrogen-bond donors (Lipinski definition) is 3. The highest BCUT2D eigenvalue weighted by Crippen LogP contribution is 2.22. The molecule has 1 aliphatic heterocycles. The molecule has 0 atom stereocenters. The molecule has 17 heavy (non-hydrogen) atoms. The van der Waals surface area contributed by atoms with Gasteiger partial charge in [-0.1, -0.05) is 0 Å². The van der Waals surface area contributed by atoms with E-state index in [-0.39, 0.29) is 11.8 Å². The van der Waals surface area contributed by atoms with E-state index in [0.717, 1.165) is 31.7 Å². The van der Waals surface area contributed by atoms with E-state index in [4.69, 9.17) is 11.6 Å². The zero-order valence-electron chi connectivity index (χ0n) is 9.47. The first-order valence-electron chi connectivity index (χ1n) is 5.53. The highest BCUT2D eigenvalue weighted by atomic mass is 16.1. The molecule has 7 nitrogen and oxygen atoms in total. The second kappa shape index (κ2) is 4.96. The van der Waals surface area contributed by atoms with Crippen molar-refractivity contribution >= 4 is 17.5 Å². The number of carbonyl (C=O) groups is 1. The number of rotatable bonds is 3. The Balaban J connectivity index is 2.02. The topological polar surface area (TPSA) is 110 Å². The lowest BCUT2D eigenvalue weighted by Crippen LogP contribution is -2.39. The lowest BCUT2D eigenvalue weighted by atomic mass is 9.96. The molecule has 2 heterocycles. The fraction of sp³-hybridized carbons (Fsp3) is 0.500. The number of nitrogens with two attached hydrogens (primary N) is 2. The number of aromatic nitrogens is 2. The normalized spacial score (nSPS) is 16.9. The van der Waals surface area contributed by atoms with Crippen molar-refractivity contribution in [2.45, 2.75) is 12.8 Å². The Morgan fingerprint density at radius 3 is 2.71 bits per heavy atom. The number of carbonyl (C=O) groups excluding carboxylic acids is 1. The van der Waals surface area contributed by atoms with Crippen molar-refractivity contribution in [2.75, 3.05) is 23.4 Å². The summed E-state index contributed by atoms with van der Waals surface area (Å²) in [5.74, 6) is 6.46. The summed E-state index contributed by atoms with van der Waals surface area (Å²) in [5, 5.41) is 0. The maximum atomic E-state index is 11.0. The molecular weight excluding hydrogens is 220 g/mol. The van der Waals surface area contributed by atoms with Gasteiger partial charge in [-0.15, -0.1) is 0 Å². The van der Waals surface area contributed by atoms with Crippen LogP contribution in [0, 0.1) is 5.92 Å². The van der Waals surface area contributed by atoms with Crippen LogP contribution in [-0.2, 0) is 4.79 Å². The molecule has 0 bridgehead atoms. The maximum Gasteiger partial charge on any atom is 0.220 e. The van der Waals surface area contributed by atoms with Crippen molar-refractivity contribution in [1.29, 1.82) is 0 Å². The molecule has 1 aromatic heterocycles. The molecule has 0 aromatic carbocycles. The van der Waals surface area contributed by atoms with Crippen molar-refractivity contribution in [3.8, 4) is 0 Å². The van der Waals surface area contributed by atoms with E-state index >= 15 is 0 Å². The highest BCUT2D eigenvalue weighted by Gasteiger charge is 2.23. The van der Waals surface area contributed by atoms with Crippen LogP contribution in [-0.4, -0.2) is 29.0 Å². The minimum Gasteiger partial charge on any atom is -0.369 e. The third-order valence-electron chi connectivity index (χ3n) is 3.02. The lowest BCUT2D eigenvalue weighted by Gasteiger charge is -2.31. The summed E-state index contributed by atoms with van der Waals surface area (Å²) in [5.41, 5.74) is 7.77. The van der Waals surface area contributed by atoms with E-state index in [1.807, 2.05) is 0 Å². The van der Waals surface area contributed by atoms with Crippen LogP contribution in [0.3, 0.4) is 0 Å². The predicted molar refractivity (Wildman–Crippen MR) is 64.0 cm³/mol. The number of nitrogens with zero attached hydrogens (tertiary/aromatic N) is 3. The molecule has 1 aromatic rings. The first-order chi connectivity index (χ1) is 8.20. The first-order valence-corrected chi connectivity index (χ1v) is 5.53. The van der Waals surface area contributed by atoms with Gasteiger partial charge in [0.15, 0.2) is 0 Å². The second-order valence-electron chi connectivity index (χ2n) is 4.07. The lowest BCUT2D eigenvalue weighted by molar-refractivity contribution is -0.122. The summed E-state index contributed by atoms with van der Waals surface area (Å²) < 4.78 is 0. The minimum atomic E-state index is -0.211. The number of nitrogens with one attached hydrogen (secondary N) is 1. The van der Waals surface area contributed by atoms with Gasteiger partial charge in [0.2, 0.25) is 5.91 Å². The molecular formula is C10H16N6O. The Hall–Kier alpha value is -1.89. The molecule has 1 amide bonds. The van der Waals surface area contributed by atoms with Gasteiger partial charge in [-0.05, 0) is 12.8 Å². The Kier molecular flexibility index (Phi) is 3.38. The third-order valence-corrected chi connectivity index (χ3v) is 3.02. The van der Waals surface area contributed by atoms with Gasteiger partial charge in [0, 0.05) is 25.1 Å². The van der Waals surface area contributed by atoms with Crippen molar-refractivity contribution in [1.82, 2.24) is 9.97 Å². The smallest absolute Gasteiger partial charge is 0.220 e. The van der Waals surface area contributed by atoms with Crippen LogP contribution in [0.5, 0.6) is 0 Å². The van der Waals surface area contributed by atoms with Crippen molar-refractivity contribution in [3.63, 3.8) is 0 Å². The van der Waals surface area contributed by atoms with Gasteiger partial charge in [0.25, 0.3) is 0 Å². The van der Waals surface area contributed by atoms with E-state index in [1.165, 1.54) is 6.33 Å². The maximum absolute atomic E-state index is 11.0. The summed E-state index contributed by atoms with van der Waals surface area (Å²) in [6.45, 7) is 1.54. The molecule has 7 heteroatoms. The molecule has 0 saturated carbocycles. The SMILES string of the molecule is NNc1cc(N2CCC(C(N)=O)CC2)ncn1. The zero-order valence-corrected chi connectivity index (χ0v) is 9.47. The van der Waals surface area contributed by atoms with Crippen molar-refractivity contribution in [2.24, 2.45) is 17.5 Å². The van der Waals surface area contributed by atoms with E-state index in [1.54, 1.807) is 6.07 Å². The second-order valence-corrected chi connectivity index (χ2v) is 4.07. The highest BCUT2D eigenvalue weighted by molar-refractivity contribution is 5.77. The predicted octanol–water partition coefficient (Wildman–Crippen LogP) is -0.536. The summed E-state index contributed by atoms with van der Waals surface area (Å²) in [4.78, 5) is 21.3. The molecule has 5 N–H and O–H groups in total. The Morgan fingerprint density at radius 1 is 1.41 bits per heavy atom. The van der Waals surface area contributed by atoms with Crippen LogP contribution in [0.15, 0.2) is 12.4 Å². The molecule has 0 aliphatic carbocycles. The van der Waals surface area contributed by atoms with Gasteiger partial charge in [0.05, 0.1) is 0 Å². The number of hydrazine groups is 1. The van der Waals surface area contributed by atoms with E-state index in [2.05, 4.69) is 20.3 Å². The molecule has 1 aliphatic rings. The third kappa shape index (κ3) is 2.62. The minimum absolute atomic E-state index is 0.0137. The quantitative estimate of drug-likeness (QED) is 0.480. The number of primary amides is 1. The number of amides is 1. The molecule has 2 rings (SSSR count). The zero-order chi connectivity index (χ0) is 12.3. The summed E-state index contributed by atoms with van der Waals surface area (Å²) in [7, 11) is 0. The van der Waals surface area contributed by atoms with Gasteiger partial charge >= 0.3 is 0 Å². The first kappa shape index (κ1) is 11.6. The van der Waals surface area contributed by atoms with Gasteiger partial charge in [-0.2, -0.15) is 0 Å². The number of nitrogen functional groups attached to an aromatic ring is 1. The molecule has 0 unspecified atom stereocenters. The van der Waals surface area contributed by atoms with Gasteiger partial charge in [-0.25, -0.2) is 15.8 Å².